The zero-order chi connectivity index (χ0) is 14.4. The van der Waals surface area contributed by atoms with E-state index in [0.717, 1.165) is 19.4 Å². The number of carbonyl (C=O) groups is 1. The Kier molecular flexibility index (Phi) is 6.86. The van der Waals surface area contributed by atoms with Gasteiger partial charge in [-0.1, -0.05) is 6.42 Å². The minimum atomic E-state index is -0.756. The molecule has 0 rings (SSSR count). The molecule has 0 aliphatic rings. The van der Waals surface area contributed by atoms with Crippen molar-refractivity contribution in [3.63, 3.8) is 0 Å². The predicted octanol–water partition coefficient (Wildman–Crippen LogP) is 2.39. The van der Waals surface area contributed by atoms with E-state index in [1.165, 1.54) is 0 Å². The van der Waals surface area contributed by atoms with Crippen LogP contribution in [0.15, 0.2) is 0 Å². The molecule has 0 aliphatic heterocycles. The fourth-order valence-electron chi connectivity index (χ4n) is 1.72. The third kappa shape index (κ3) is 10.5. The van der Waals surface area contributed by atoms with Crippen LogP contribution in [0, 0.1) is 0 Å². The van der Waals surface area contributed by atoms with Crippen LogP contribution in [0.2, 0.25) is 0 Å². The van der Waals surface area contributed by atoms with Gasteiger partial charge in [0.2, 0.25) is 0 Å². The first-order valence-corrected chi connectivity index (χ1v) is 6.77. The molecule has 108 valence electrons. The van der Waals surface area contributed by atoms with E-state index in [4.69, 9.17) is 5.11 Å². The number of carboxylic acid groups (broad SMARTS) is 1. The van der Waals surface area contributed by atoms with E-state index in [1.54, 1.807) is 0 Å². The summed E-state index contributed by atoms with van der Waals surface area (Å²) in [5, 5.41) is 15.7. The van der Waals surface area contributed by atoms with E-state index in [9.17, 15) is 4.79 Å². The number of carboxylic acids is 1. The largest absolute Gasteiger partial charge is 0.480 e. The van der Waals surface area contributed by atoms with Crippen molar-refractivity contribution in [2.75, 3.05) is 6.54 Å². The van der Waals surface area contributed by atoms with Crippen molar-refractivity contribution in [2.45, 2.75) is 77.9 Å². The average Bonchev–Trinajstić information content (AvgIpc) is 2.11. The van der Waals surface area contributed by atoms with Gasteiger partial charge in [0.15, 0.2) is 0 Å². The molecule has 0 aliphatic carbocycles. The third-order valence-electron chi connectivity index (χ3n) is 2.48. The number of hydrogen-bond donors (Lipinski definition) is 3. The van der Waals surface area contributed by atoms with Crippen molar-refractivity contribution in [3.05, 3.63) is 0 Å². The molecule has 0 unspecified atom stereocenters. The Morgan fingerprint density at radius 1 is 1.06 bits per heavy atom. The highest BCUT2D eigenvalue weighted by molar-refractivity contribution is 5.73. The lowest BCUT2D eigenvalue weighted by Gasteiger charge is -2.26. The lowest BCUT2D eigenvalue weighted by molar-refractivity contribution is -0.140. The lowest BCUT2D eigenvalue weighted by Crippen LogP contribution is -2.47. The molecular formula is C14H30N2O2. The highest BCUT2D eigenvalue weighted by Crippen LogP contribution is 2.08. The molecule has 4 heteroatoms. The first-order chi connectivity index (χ1) is 8.01. The topological polar surface area (TPSA) is 61.4 Å². The molecule has 0 radical (unpaired) electrons. The van der Waals surface area contributed by atoms with Crippen LogP contribution in [-0.2, 0) is 4.79 Å². The summed E-state index contributed by atoms with van der Waals surface area (Å²) in [6.45, 7) is 13.3. The number of aliphatic carboxylic acids is 1. The van der Waals surface area contributed by atoms with Crippen LogP contribution >= 0.6 is 0 Å². The second kappa shape index (κ2) is 7.10. The van der Waals surface area contributed by atoms with Crippen LogP contribution in [0.25, 0.3) is 0 Å². The second-order valence-corrected chi connectivity index (χ2v) is 6.96. The minimum Gasteiger partial charge on any atom is -0.480 e. The quantitative estimate of drug-likeness (QED) is 0.614. The summed E-state index contributed by atoms with van der Waals surface area (Å²) >= 11 is 0. The number of unbranched alkanes of at least 4 members (excludes halogenated alkanes) is 1. The van der Waals surface area contributed by atoms with E-state index < -0.39 is 12.0 Å². The third-order valence-corrected chi connectivity index (χ3v) is 2.48. The molecule has 0 heterocycles. The summed E-state index contributed by atoms with van der Waals surface area (Å²) in [6, 6.07) is -0.445. The molecule has 4 nitrogen and oxygen atoms in total. The molecule has 0 aromatic carbocycles. The summed E-state index contributed by atoms with van der Waals surface area (Å²) in [7, 11) is 0. The number of hydrogen-bond acceptors (Lipinski definition) is 3. The SMILES string of the molecule is CC(C)(C)NCCCC[C@@H](NC(C)(C)C)C(=O)O. The molecule has 0 aromatic heterocycles. The van der Waals surface area contributed by atoms with Crippen LogP contribution in [0.4, 0.5) is 0 Å². The van der Waals surface area contributed by atoms with Gasteiger partial charge < -0.3 is 10.4 Å². The first kappa shape index (κ1) is 17.4. The van der Waals surface area contributed by atoms with Crippen molar-refractivity contribution in [2.24, 2.45) is 0 Å². The molecule has 0 bridgehead atoms. The van der Waals surface area contributed by atoms with Crippen LogP contribution in [0.5, 0.6) is 0 Å². The van der Waals surface area contributed by atoms with Gasteiger partial charge in [-0.05, 0) is 60.9 Å². The van der Waals surface area contributed by atoms with Gasteiger partial charge in [-0.3, -0.25) is 10.1 Å². The first-order valence-electron chi connectivity index (χ1n) is 6.77. The maximum Gasteiger partial charge on any atom is 0.320 e. The fourth-order valence-corrected chi connectivity index (χ4v) is 1.72. The van der Waals surface area contributed by atoms with E-state index in [-0.39, 0.29) is 11.1 Å². The Bertz CT molecular complexity index is 252. The fraction of sp³-hybridized carbons (Fsp3) is 0.929. The Labute approximate surface area is 112 Å². The van der Waals surface area contributed by atoms with Gasteiger partial charge in [-0.15, -0.1) is 0 Å². The highest BCUT2D eigenvalue weighted by atomic mass is 16.4. The molecule has 3 N–H and O–H groups in total. The predicted molar refractivity (Wildman–Crippen MR) is 75.9 cm³/mol. The molecule has 0 fully saturated rings. The van der Waals surface area contributed by atoms with Crippen molar-refractivity contribution in [3.8, 4) is 0 Å². The van der Waals surface area contributed by atoms with E-state index >= 15 is 0 Å². The van der Waals surface area contributed by atoms with Crippen molar-refractivity contribution in [1.29, 1.82) is 0 Å². The van der Waals surface area contributed by atoms with E-state index in [2.05, 4.69) is 31.4 Å². The molecular weight excluding hydrogens is 228 g/mol. The molecule has 0 saturated heterocycles. The summed E-state index contributed by atoms with van der Waals surface area (Å²) in [6.07, 6.45) is 2.61. The monoisotopic (exact) mass is 258 g/mol. The Morgan fingerprint density at radius 2 is 1.61 bits per heavy atom. The molecule has 0 spiro atoms. The van der Waals surface area contributed by atoms with Crippen molar-refractivity contribution >= 4 is 5.97 Å². The van der Waals surface area contributed by atoms with E-state index in [0.29, 0.717) is 6.42 Å². The Hall–Kier alpha value is -0.610. The van der Waals surface area contributed by atoms with Crippen LogP contribution in [0.3, 0.4) is 0 Å². The molecule has 18 heavy (non-hydrogen) atoms. The maximum absolute atomic E-state index is 11.1. The normalized spacial score (nSPS) is 14.6. The van der Waals surface area contributed by atoms with Crippen LogP contribution in [-0.4, -0.2) is 34.7 Å². The molecule has 0 saturated carbocycles. The second-order valence-electron chi connectivity index (χ2n) is 6.96. The maximum atomic E-state index is 11.1. The molecule has 0 amide bonds. The number of rotatable bonds is 7. The molecule has 1 atom stereocenters. The lowest BCUT2D eigenvalue weighted by atomic mass is 10.0. The van der Waals surface area contributed by atoms with Gasteiger partial charge in [-0.2, -0.15) is 0 Å². The van der Waals surface area contributed by atoms with Crippen molar-refractivity contribution in [1.82, 2.24) is 10.6 Å². The number of nitrogens with one attached hydrogen (secondary N) is 2. The summed E-state index contributed by atoms with van der Waals surface area (Å²) in [5.41, 5.74) is -0.0252. The van der Waals surface area contributed by atoms with Crippen LogP contribution in [0.1, 0.15) is 60.8 Å². The van der Waals surface area contributed by atoms with E-state index in [1.807, 2.05) is 20.8 Å². The van der Waals surface area contributed by atoms with Gasteiger partial charge in [0, 0.05) is 11.1 Å². The molecule has 0 aromatic rings. The van der Waals surface area contributed by atoms with Gasteiger partial charge >= 0.3 is 5.97 Å². The van der Waals surface area contributed by atoms with Gasteiger partial charge in [0.1, 0.15) is 6.04 Å². The summed E-state index contributed by atoms with van der Waals surface area (Å²) in [5.74, 6) is -0.756. The highest BCUT2D eigenvalue weighted by Gasteiger charge is 2.22. The summed E-state index contributed by atoms with van der Waals surface area (Å²) < 4.78 is 0. The Morgan fingerprint density at radius 3 is 2.00 bits per heavy atom. The average molecular weight is 258 g/mol. The zero-order valence-corrected chi connectivity index (χ0v) is 12.8. The zero-order valence-electron chi connectivity index (χ0n) is 12.8. The van der Waals surface area contributed by atoms with Crippen molar-refractivity contribution < 1.29 is 9.90 Å². The standard InChI is InChI=1S/C14H30N2O2/c1-13(2,3)15-10-8-7-9-11(12(17)18)16-14(4,5)6/h11,15-16H,7-10H2,1-6H3,(H,17,18)/t11-/m1/s1. The van der Waals surface area contributed by atoms with Gasteiger partial charge in [0.25, 0.3) is 0 Å². The smallest absolute Gasteiger partial charge is 0.320 e. The van der Waals surface area contributed by atoms with Gasteiger partial charge in [0.05, 0.1) is 0 Å². The van der Waals surface area contributed by atoms with Crippen LogP contribution < -0.4 is 10.6 Å². The summed E-state index contributed by atoms with van der Waals surface area (Å²) in [4.78, 5) is 11.1. The van der Waals surface area contributed by atoms with Gasteiger partial charge in [-0.25, -0.2) is 0 Å². The minimum absolute atomic E-state index is 0.135. The Balaban J connectivity index is 3.89.